The van der Waals surface area contributed by atoms with E-state index in [2.05, 4.69) is 5.32 Å². The molecule has 0 aliphatic carbocycles. The molecule has 0 saturated carbocycles. The van der Waals surface area contributed by atoms with Crippen molar-refractivity contribution in [3.05, 3.63) is 101 Å². The van der Waals surface area contributed by atoms with Crippen molar-refractivity contribution < 1.29 is 23.8 Å². The van der Waals surface area contributed by atoms with Crippen LogP contribution in [-0.4, -0.2) is 17.0 Å². The molecule has 0 aliphatic heterocycles. The number of hydrogen-bond donors (Lipinski definition) is 2. The lowest BCUT2D eigenvalue weighted by Gasteiger charge is -2.10. The van der Waals surface area contributed by atoms with Crippen molar-refractivity contribution in [3.8, 4) is 11.8 Å². The van der Waals surface area contributed by atoms with E-state index >= 15 is 0 Å². The van der Waals surface area contributed by atoms with E-state index < -0.39 is 17.7 Å². The number of para-hydroxylation sites is 1. The number of nitriles is 1. The van der Waals surface area contributed by atoms with Gasteiger partial charge in [-0.3, -0.25) is 4.79 Å². The van der Waals surface area contributed by atoms with Crippen molar-refractivity contribution in [2.24, 2.45) is 0 Å². The van der Waals surface area contributed by atoms with E-state index in [1.54, 1.807) is 36.4 Å². The minimum atomic E-state index is -1.01. The van der Waals surface area contributed by atoms with Crippen LogP contribution in [0.1, 0.15) is 21.5 Å². The van der Waals surface area contributed by atoms with Crippen LogP contribution < -0.4 is 10.1 Å². The maximum atomic E-state index is 13.0. The maximum absolute atomic E-state index is 13.0. The highest BCUT2D eigenvalue weighted by molar-refractivity contribution is 6.09. The van der Waals surface area contributed by atoms with Crippen LogP contribution in [0, 0.1) is 17.1 Å². The summed E-state index contributed by atoms with van der Waals surface area (Å²) in [5.74, 6) is -1.62. The third-order valence-corrected chi connectivity index (χ3v) is 4.28. The Labute approximate surface area is 177 Å². The highest BCUT2D eigenvalue weighted by Gasteiger charge is 2.12. The minimum absolute atomic E-state index is 0.147. The first-order valence-corrected chi connectivity index (χ1v) is 9.19. The average molecular weight is 416 g/mol. The summed E-state index contributed by atoms with van der Waals surface area (Å²) in [6.07, 6.45) is 1.40. The fourth-order valence-corrected chi connectivity index (χ4v) is 2.67. The third-order valence-electron chi connectivity index (χ3n) is 4.28. The van der Waals surface area contributed by atoms with Crippen molar-refractivity contribution >= 4 is 23.6 Å². The Hall–Kier alpha value is -4.44. The van der Waals surface area contributed by atoms with Crippen LogP contribution in [0.3, 0.4) is 0 Å². The normalized spacial score (nSPS) is 10.8. The monoisotopic (exact) mass is 416 g/mol. The summed E-state index contributed by atoms with van der Waals surface area (Å²) in [6, 6.07) is 20.2. The number of anilines is 1. The van der Waals surface area contributed by atoms with Gasteiger partial charge < -0.3 is 15.2 Å². The Balaban J connectivity index is 1.75. The summed E-state index contributed by atoms with van der Waals surface area (Å²) >= 11 is 0. The molecule has 0 spiro atoms. The number of aromatic carboxylic acids is 1. The van der Waals surface area contributed by atoms with Gasteiger partial charge in [0.2, 0.25) is 0 Å². The Bertz CT molecular complexity index is 1160. The van der Waals surface area contributed by atoms with E-state index in [0.29, 0.717) is 17.0 Å². The first kappa shape index (κ1) is 21.3. The van der Waals surface area contributed by atoms with Crippen LogP contribution in [0.4, 0.5) is 10.1 Å². The standard InChI is InChI=1S/C24H17FN2O4/c25-20-9-11-21(12-10-20)27-23(28)19(14-26)13-18-3-1-2-4-22(18)31-15-16-5-7-17(8-6-16)24(29)30/h1-13H,15H2,(H,27,28)(H,29,30)/b19-13-. The lowest BCUT2D eigenvalue weighted by atomic mass is 10.1. The Morgan fingerprint density at radius 2 is 1.71 bits per heavy atom. The predicted molar refractivity (Wildman–Crippen MR) is 113 cm³/mol. The van der Waals surface area contributed by atoms with Crippen LogP contribution in [-0.2, 0) is 11.4 Å². The van der Waals surface area contributed by atoms with Gasteiger partial charge in [-0.2, -0.15) is 5.26 Å². The van der Waals surface area contributed by atoms with Gasteiger partial charge in [0.1, 0.15) is 29.8 Å². The van der Waals surface area contributed by atoms with Crippen LogP contribution in [0.2, 0.25) is 0 Å². The maximum Gasteiger partial charge on any atom is 0.335 e. The molecular weight excluding hydrogens is 399 g/mol. The zero-order valence-corrected chi connectivity index (χ0v) is 16.2. The first-order chi connectivity index (χ1) is 15.0. The largest absolute Gasteiger partial charge is 0.488 e. The molecule has 0 aliphatic rings. The second-order valence-electron chi connectivity index (χ2n) is 6.46. The molecule has 154 valence electrons. The van der Waals surface area contributed by atoms with Crippen LogP contribution >= 0.6 is 0 Å². The van der Waals surface area contributed by atoms with Crippen LogP contribution in [0.15, 0.2) is 78.4 Å². The van der Waals surface area contributed by atoms with Crippen molar-refractivity contribution in [1.82, 2.24) is 0 Å². The number of benzene rings is 3. The molecule has 7 heteroatoms. The Morgan fingerprint density at radius 3 is 2.35 bits per heavy atom. The van der Waals surface area contributed by atoms with Crippen molar-refractivity contribution in [3.63, 3.8) is 0 Å². The van der Waals surface area contributed by atoms with E-state index in [1.165, 1.54) is 42.5 Å². The van der Waals surface area contributed by atoms with Crippen molar-refractivity contribution in [2.45, 2.75) is 6.61 Å². The molecule has 6 nitrogen and oxygen atoms in total. The number of rotatable bonds is 7. The predicted octanol–water partition coefficient (Wildman–Crippen LogP) is 4.65. The number of hydrogen-bond acceptors (Lipinski definition) is 4. The van der Waals surface area contributed by atoms with Gasteiger partial charge >= 0.3 is 5.97 Å². The summed E-state index contributed by atoms with van der Waals surface area (Å²) in [4.78, 5) is 23.4. The van der Waals surface area contributed by atoms with Gasteiger partial charge in [-0.25, -0.2) is 9.18 Å². The van der Waals surface area contributed by atoms with Gasteiger partial charge in [-0.15, -0.1) is 0 Å². The van der Waals surface area contributed by atoms with Crippen LogP contribution in [0.5, 0.6) is 5.75 Å². The molecular formula is C24H17FN2O4. The molecule has 3 aromatic rings. The Morgan fingerprint density at radius 1 is 1.03 bits per heavy atom. The highest BCUT2D eigenvalue weighted by Crippen LogP contribution is 2.23. The quantitative estimate of drug-likeness (QED) is 0.431. The summed E-state index contributed by atoms with van der Waals surface area (Å²) < 4.78 is 18.8. The topological polar surface area (TPSA) is 99.4 Å². The van der Waals surface area contributed by atoms with E-state index in [9.17, 15) is 19.2 Å². The lowest BCUT2D eigenvalue weighted by molar-refractivity contribution is -0.112. The molecule has 1 amide bonds. The molecule has 0 atom stereocenters. The number of nitrogens with one attached hydrogen (secondary N) is 1. The first-order valence-electron chi connectivity index (χ1n) is 9.19. The number of amides is 1. The van der Waals surface area contributed by atoms with Gasteiger partial charge in [0, 0.05) is 11.3 Å². The molecule has 0 radical (unpaired) electrons. The van der Waals surface area contributed by atoms with E-state index in [-0.39, 0.29) is 17.7 Å². The van der Waals surface area contributed by atoms with Crippen LogP contribution in [0.25, 0.3) is 6.08 Å². The van der Waals surface area contributed by atoms with Gasteiger partial charge in [0.05, 0.1) is 5.56 Å². The van der Waals surface area contributed by atoms with E-state index in [1.807, 2.05) is 6.07 Å². The summed E-state index contributed by atoms with van der Waals surface area (Å²) in [7, 11) is 0. The molecule has 0 saturated heterocycles. The second kappa shape index (κ2) is 9.85. The molecule has 31 heavy (non-hydrogen) atoms. The molecule has 3 rings (SSSR count). The van der Waals surface area contributed by atoms with Gasteiger partial charge in [-0.1, -0.05) is 30.3 Å². The zero-order chi connectivity index (χ0) is 22.2. The third kappa shape index (κ3) is 5.78. The van der Waals surface area contributed by atoms with Gasteiger partial charge in [0.15, 0.2) is 0 Å². The number of halogens is 1. The van der Waals surface area contributed by atoms with E-state index in [0.717, 1.165) is 5.56 Å². The van der Waals surface area contributed by atoms with Gasteiger partial charge in [-0.05, 0) is 54.1 Å². The number of carbonyl (C=O) groups is 2. The fourth-order valence-electron chi connectivity index (χ4n) is 2.67. The molecule has 2 N–H and O–H groups in total. The summed E-state index contributed by atoms with van der Waals surface area (Å²) in [5, 5.41) is 20.9. The summed E-state index contributed by atoms with van der Waals surface area (Å²) in [6.45, 7) is 0.175. The fraction of sp³-hybridized carbons (Fsp3) is 0.0417. The number of carboxylic acids is 1. The molecule has 0 bridgehead atoms. The molecule has 0 fully saturated rings. The zero-order valence-electron chi connectivity index (χ0n) is 16.2. The van der Waals surface area contributed by atoms with Gasteiger partial charge in [0.25, 0.3) is 5.91 Å². The molecule has 0 heterocycles. The minimum Gasteiger partial charge on any atom is -0.488 e. The molecule has 0 aromatic heterocycles. The highest BCUT2D eigenvalue weighted by atomic mass is 19.1. The number of carboxylic acid groups (broad SMARTS) is 1. The SMILES string of the molecule is N#C/C(=C/c1ccccc1OCc1ccc(C(=O)O)cc1)C(=O)Nc1ccc(F)cc1. The number of carbonyl (C=O) groups excluding carboxylic acids is 1. The second-order valence-corrected chi connectivity index (χ2v) is 6.46. The Kier molecular flexibility index (Phi) is 6.76. The molecule has 0 unspecified atom stereocenters. The van der Waals surface area contributed by atoms with Crippen molar-refractivity contribution in [2.75, 3.05) is 5.32 Å². The van der Waals surface area contributed by atoms with E-state index in [4.69, 9.17) is 9.84 Å². The smallest absolute Gasteiger partial charge is 0.335 e. The average Bonchev–Trinajstić information content (AvgIpc) is 2.78. The molecule has 3 aromatic carbocycles. The van der Waals surface area contributed by atoms with Crippen molar-refractivity contribution in [1.29, 1.82) is 5.26 Å². The number of ether oxygens (including phenoxy) is 1. The summed E-state index contributed by atoms with van der Waals surface area (Å²) in [5.41, 5.74) is 1.68. The number of nitrogens with zero attached hydrogens (tertiary/aromatic N) is 1. The lowest BCUT2D eigenvalue weighted by Crippen LogP contribution is -2.13.